The summed E-state index contributed by atoms with van der Waals surface area (Å²) < 4.78 is 0. The highest BCUT2D eigenvalue weighted by atomic mass is 16.3. The molecule has 1 aliphatic carbocycles. The van der Waals surface area contributed by atoms with Gasteiger partial charge < -0.3 is 10.4 Å². The van der Waals surface area contributed by atoms with E-state index in [0.717, 1.165) is 18.8 Å². The quantitative estimate of drug-likeness (QED) is 0.720. The highest BCUT2D eigenvalue weighted by Gasteiger charge is 2.25. The first kappa shape index (κ1) is 11.5. The van der Waals surface area contributed by atoms with Crippen molar-refractivity contribution in [3.63, 3.8) is 0 Å². The van der Waals surface area contributed by atoms with Crippen molar-refractivity contribution in [1.82, 2.24) is 25.5 Å². The number of nitrogens with zero attached hydrogens (tertiary/aromatic N) is 4. The van der Waals surface area contributed by atoms with Gasteiger partial charge in [0.1, 0.15) is 0 Å². The van der Waals surface area contributed by atoms with Crippen molar-refractivity contribution in [2.24, 2.45) is 18.9 Å². The lowest BCUT2D eigenvalue weighted by Crippen LogP contribution is -2.26. The van der Waals surface area contributed by atoms with Gasteiger partial charge in [-0.15, -0.1) is 10.2 Å². The Kier molecular flexibility index (Phi) is 3.84. The molecule has 1 heterocycles. The molecular weight excluding hydrogens is 206 g/mol. The van der Waals surface area contributed by atoms with Crippen molar-refractivity contribution in [2.75, 3.05) is 13.2 Å². The van der Waals surface area contributed by atoms with Gasteiger partial charge in [0.25, 0.3) is 0 Å². The van der Waals surface area contributed by atoms with Crippen LogP contribution in [-0.4, -0.2) is 38.5 Å². The van der Waals surface area contributed by atoms with Crippen LogP contribution in [0.4, 0.5) is 0 Å². The number of rotatable bonds is 5. The van der Waals surface area contributed by atoms with Crippen molar-refractivity contribution < 1.29 is 5.11 Å². The van der Waals surface area contributed by atoms with E-state index in [4.69, 9.17) is 0 Å². The van der Waals surface area contributed by atoms with E-state index in [2.05, 4.69) is 20.7 Å². The molecule has 1 aromatic heterocycles. The smallest absolute Gasteiger partial charge is 0.188 e. The minimum Gasteiger partial charge on any atom is -0.396 e. The predicted octanol–water partition coefficient (Wildman–Crippen LogP) is -0.292. The maximum absolute atomic E-state index is 9.19. The Balaban J connectivity index is 1.71. The van der Waals surface area contributed by atoms with E-state index in [-0.39, 0.29) is 0 Å². The van der Waals surface area contributed by atoms with E-state index in [1.54, 1.807) is 7.05 Å². The summed E-state index contributed by atoms with van der Waals surface area (Å²) in [4.78, 5) is 1.46. The number of aryl methyl sites for hydroxylation is 1. The summed E-state index contributed by atoms with van der Waals surface area (Å²) in [5.41, 5.74) is 0. The average molecular weight is 225 g/mol. The minimum absolute atomic E-state index is 0.315. The Morgan fingerprint density at radius 2 is 2.25 bits per heavy atom. The van der Waals surface area contributed by atoms with Gasteiger partial charge in [-0.25, -0.2) is 0 Å². The first-order valence-electron chi connectivity index (χ1n) is 5.84. The van der Waals surface area contributed by atoms with Gasteiger partial charge in [0.2, 0.25) is 0 Å². The molecule has 90 valence electrons. The van der Waals surface area contributed by atoms with Crippen LogP contribution < -0.4 is 5.32 Å². The van der Waals surface area contributed by atoms with Crippen molar-refractivity contribution >= 4 is 0 Å². The molecule has 0 radical (unpaired) electrons. The fraction of sp³-hybridized carbons (Fsp3) is 0.900. The zero-order valence-electron chi connectivity index (χ0n) is 9.63. The molecule has 2 atom stereocenters. The Morgan fingerprint density at radius 3 is 2.94 bits per heavy atom. The van der Waals surface area contributed by atoms with Gasteiger partial charge in [-0.3, -0.25) is 0 Å². The van der Waals surface area contributed by atoms with Gasteiger partial charge in [0.15, 0.2) is 5.82 Å². The molecule has 1 aliphatic rings. The van der Waals surface area contributed by atoms with E-state index >= 15 is 0 Å². The summed E-state index contributed by atoms with van der Waals surface area (Å²) >= 11 is 0. The number of aliphatic hydroxyl groups excluding tert-OH is 1. The van der Waals surface area contributed by atoms with Gasteiger partial charge in [-0.1, -0.05) is 6.42 Å². The molecule has 0 saturated heterocycles. The average Bonchev–Trinajstić information content (AvgIpc) is 2.87. The molecule has 16 heavy (non-hydrogen) atoms. The third-order valence-electron chi connectivity index (χ3n) is 3.29. The van der Waals surface area contributed by atoms with E-state index in [9.17, 15) is 5.11 Å². The Bertz CT molecular complexity index is 327. The van der Waals surface area contributed by atoms with Gasteiger partial charge in [0, 0.05) is 6.61 Å². The SMILES string of the molecule is Cn1nnc(CNCC2CCCC2CO)n1. The molecule has 1 saturated carbocycles. The Morgan fingerprint density at radius 1 is 1.44 bits per heavy atom. The minimum atomic E-state index is 0.315. The highest BCUT2D eigenvalue weighted by molar-refractivity contribution is 4.81. The molecular formula is C10H19N5O. The van der Waals surface area contributed by atoms with Gasteiger partial charge in [0.05, 0.1) is 13.6 Å². The van der Waals surface area contributed by atoms with Crippen molar-refractivity contribution in [1.29, 1.82) is 0 Å². The number of aromatic nitrogens is 4. The van der Waals surface area contributed by atoms with Crippen molar-refractivity contribution in [3.05, 3.63) is 5.82 Å². The molecule has 1 fully saturated rings. The molecule has 0 spiro atoms. The molecule has 0 aromatic carbocycles. The zero-order valence-corrected chi connectivity index (χ0v) is 9.63. The second kappa shape index (κ2) is 5.36. The summed E-state index contributed by atoms with van der Waals surface area (Å²) in [5.74, 6) is 1.80. The maximum atomic E-state index is 9.19. The molecule has 0 aliphatic heterocycles. The first-order valence-corrected chi connectivity index (χ1v) is 5.84. The second-order valence-electron chi connectivity index (χ2n) is 4.46. The van der Waals surface area contributed by atoms with Crippen LogP contribution in [0, 0.1) is 11.8 Å². The highest BCUT2D eigenvalue weighted by Crippen LogP contribution is 2.30. The van der Waals surface area contributed by atoms with E-state index < -0.39 is 0 Å². The van der Waals surface area contributed by atoms with Gasteiger partial charge in [-0.05, 0) is 36.4 Å². The lowest BCUT2D eigenvalue weighted by atomic mass is 9.97. The van der Waals surface area contributed by atoms with Crippen LogP contribution in [0.2, 0.25) is 0 Å². The largest absolute Gasteiger partial charge is 0.396 e. The number of hydrogen-bond donors (Lipinski definition) is 2. The van der Waals surface area contributed by atoms with Crippen LogP contribution in [0.25, 0.3) is 0 Å². The molecule has 6 nitrogen and oxygen atoms in total. The molecule has 0 bridgehead atoms. The van der Waals surface area contributed by atoms with E-state index in [0.29, 0.717) is 25.0 Å². The molecule has 2 unspecified atom stereocenters. The number of tetrazole rings is 1. The Hall–Kier alpha value is -1.01. The van der Waals surface area contributed by atoms with Crippen LogP contribution in [0.1, 0.15) is 25.1 Å². The molecule has 6 heteroatoms. The Labute approximate surface area is 95.0 Å². The first-order chi connectivity index (χ1) is 7.79. The normalized spacial score (nSPS) is 25.1. The molecule has 2 N–H and O–H groups in total. The summed E-state index contributed by atoms with van der Waals surface area (Å²) in [6, 6.07) is 0. The maximum Gasteiger partial charge on any atom is 0.188 e. The van der Waals surface area contributed by atoms with Crippen LogP contribution >= 0.6 is 0 Å². The number of nitrogens with one attached hydrogen (secondary N) is 1. The summed E-state index contributed by atoms with van der Waals surface area (Å²) in [5, 5.41) is 24.3. The summed E-state index contributed by atoms with van der Waals surface area (Å²) in [7, 11) is 1.76. The van der Waals surface area contributed by atoms with Crippen LogP contribution in [0.3, 0.4) is 0 Å². The summed E-state index contributed by atoms with van der Waals surface area (Å²) in [6.45, 7) is 1.90. The van der Waals surface area contributed by atoms with Crippen LogP contribution in [0.15, 0.2) is 0 Å². The fourth-order valence-corrected chi connectivity index (χ4v) is 2.39. The molecule has 0 amide bonds. The van der Waals surface area contributed by atoms with Gasteiger partial charge >= 0.3 is 0 Å². The van der Waals surface area contributed by atoms with E-state index in [1.807, 2.05) is 0 Å². The fourth-order valence-electron chi connectivity index (χ4n) is 2.39. The second-order valence-corrected chi connectivity index (χ2v) is 4.46. The number of aliphatic hydroxyl groups is 1. The lowest BCUT2D eigenvalue weighted by Gasteiger charge is -2.17. The lowest BCUT2D eigenvalue weighted by molar-refractivity contribution is 0.192. The van der Waals surface area contributed by atoms with Crippen molar-refractivity contribution in [3.8, 4) is 0 Å². The van der Waals surface area contributed by atoms with Crippen LogP contribution in [-0.2, 0) is 13.6 Å². The van der Waals surface area contributed by atoms with Crippen LogP contribution in [0.5, 0.6) is 0 Å². The zero-order chi connectivity index (χ0) is 11.4. The standard InChI is InChI=1S/C10H19N5O/c1-15-13-10(12-14-15)6-11-5-8-3-2-4-9(8)7-16/h8-9,11,16H,2-7H2,1H3. The predicted molar refractivity (Wildman–Crippen MR) is 58.4 cm³/mol. The third-order valence-corrected chi connectivity index (χ3v) is 3.29. The van der Waals surface area contributed by atoms with Gasteiger partial charge in [-0.2, -0.15) is 4.80 Å². The molecule has 2 rings (SSSR count). The molecule has 1 aromatic rings. The van der Waals surface area contributed by atoms with Crippen molar-refractivity contribution in [2.45, 2.75) is 25.8 Å². The number of hydrogen-bond acceptors (Lipinski definition) is 5. The van der Waals surface area contributed by atoms with E-state index in [1.165, 1.54) is 17.6 Å². The summed E-state index contributed by atoms with van der Waals surface area (Å²) in [6.07, 6.45) is 3.61. The topological polar surface area (TPSA) is 75.9 Å². The monoisotopic (exact) mass is 225 g/mol. The third kappa shape index (κ3) is 2.76.